The summed E-state index contributed by atoms with van der Waals surface area (Å²) in [5.41, 5.74) is 0.370. The molecule has 2 saturated heterocycles. The number of hydrogen-bond donors (Lipinski definition) is 0. The molecule has 212 valence electrons. The number of amides is 1. The summed E-state index contributed by atoms with van der Waals surface area (Å²) in [6.07, 6.45) is 1.31. The van der Waals surface area contributed by atoms with Crippen LogP contribution in [0.15, 0.2) is 29.1 Å². The quantitative estimate of drug-likeness (QED) is 0.433. The lowest BCUT2D eigenvalue weighted by molar-refractivity contribution is 0.00540. The Morgan fingerprint density at radius 3 is 2.60 bits per heavy atom. The highest BCUT2D eigenvalue weighted by Crippen LogP contribution is 2.43. The second kappa shape index (κ2) is 9.72. The predicted octanol–water partition coefficient (Wildman–Crippen LogP) is 3.86. The third-order valence-corrected chi connectivity index (χ3v) is 7.93. The number of carbonyl (C=O) groups excluding carboxylic acids is 1. The first-order valence-electron chi connectivity index (χ1n) is 13.3. The average Bonchev–Trinajstić information content (AvgIpc) is 3.14. The van der Waals surface area contributed by atoms with E-state index in [1.54, 1.807) is 30.9 Å². The maximum Gasteiger partial charge on any atom is 0.410 e. The first-order chi connectivity index (χ1) is 19.1. The Labute approximate surface area is 236 Å². The number of halogens is 1. The number of methoxy groups -OCH3 is 2. The van der Waals surface area contributed by atoms with Crippen LogP contribution in [0.3, 0.4) is 0 Å². The van der Waals surface area contributed by atoms with E-state index in [-0.39, 0.29) is 42.5 Å². The third kappa shape index (κ3) is 4.46. The Morgan fingerprint density at radius 1 is 1.10 bits per heavy atom. The van der Waals surface area contributed by atoms with Gasteiger partial charge in [-0.3, -0.25) is 9.47 Å². The van der Waals surface area contributed by atoms with Crippen molar-refractivity contribution in [3.8, 4) is 17.4 Å². The Hall–Kier alpha value is -3.73. The molecule has 12 heteroatoms. The van der Waals surface area contributed by atoms with Gasteiger partial charge in [-0.1, -0.05) is 17.7 Å². The number of nitrogens with zero attached hydrogens (tertiary/aromatic N) is 5. The number of aromatic nitrogens is 3. The van der Waals surface area contributed by atoms with Crippen LogP contribution in [-0.2, 0) is 11.3 Å². The average molecular weight is 570 g/mol. The van der Waals surface area contributed by atoms with Crippen LogP contribution in [0.2, 0.25) is 5.15 Å². The van der Waals surface area contributed by atoms with E-state index < -0.39 is 11.3 Å². The molecule has 3 aliphatic rings. The van der Waals surface area contributed by atoms with Crippen LogP contribution in [0.1, 0.15) is 39.2 Å². The van der Waals surface area contributed by atoms with Gasteiger partial charge in [-0.25, -0.2) is 14.6 Å². The molecule has 5 heterocycles. The fourth-order valence-corrected chi connectivity index (χ4v) is 6.27. The smallest absolute Gasteiger partial charge is 0.410 e. The summed E-state index contributed by atoms with van der Waals surface area (Å²) >= 11 is 6.44. The zero-order chi connectivity index (χ0) is 28.3. The summed E-state index contributed by atoms with van der Waals surface area (Å²) in [5, 5.41) is 0.828. The van der Waals surface area contributed by atoms with Gasteiger partial charge in [0.1, 0.15) is 28.6 Å². The van der Waals surface area contributed by atoms with Gasteiger partial charge in [-0.15, -0.1) is 0 Å². The van der Waals surface area contributed by atoms with Crippen LogP contribution in [-0.4, -0.2) is 76.6 Å². The lowest BCUT2D eigenvalue weighted by atomic mass is 10.0. The molecule has 2 fully saturated rings. The van der Waals surface area contributed by atoms with E-state index in [1.165, 1.54) is 0 Å². The molecule has 0 radical (unpaired) electrons. The highest BCUT2D eigenvalue weighted by Gasteiger charge is 2.51. The van der Waals surface area contributed by atoms with Crippen molar-refractivity contribution in [1.29, 1.82) is 0 Å². The minimum atomic E-state index is -0.601. The molecular formula is C28H32ClN5O6. The lowest BCUT2D eigenvalue weighted by Gasteiger charge is -2.46. The molecule has 3 aromatic rings. The molecule has 2 bridgehead atoms. The van der Waals surface area contributed by atoms with Crippen LogP contribution >= 0.6 is 11.6 Å². The Kier molecular flexibility index (Phi) is 6.44. The summed E-state index contributed by atoms with van der Waals surface area (Å²) in [4.78, 5) is 39.8. The highest BCUT2D eigenvalue weighted by molar-refractivity contribution is 6.30. The molecule has 0 unspecified atom stereocenters. The topological polar surface area (TPSA) is 108 Å². The summed E-state index contributed by atoms with van der Waals surface area (Å²) < 4.78 is 24.4. The van der Waals surface area contributed by atoms with Gasteiger partial charge in [-0.2, -0.15) is 4.98 Å². The van der Waals surface area contributed by atoms with Gasteiger partial charge in [0.15, 0.2) is 11.5 Å². The maximum atomic E-state index is 13.6. The molecule has 11 nitrogen and oxygen atoms in total. The van der Waals surface area contributed by atoms with Gasteiger partial charge in [0.05, 0.1) is 44.4 Å². The van der Waals surface area contributed by atoms with Crippen molar-refractivity contribution in [2.75, 3.05) is 32.3 Å². The van der Waals surface area contributed by atoms with Crippen molar-refractivity contribution in [3.05, 3.63) is 45.5 Å². The standard InChI is InChI=1S/C28H32ClN5O6/c1-28(2,3)40-27(36)34-16-7-8-17(34)19-14-39-25-23-18(11-22(29)30-25)33(26(35)31-24(23)32(19)13-16)12-15-6-9-20(37-4)21(10-15)38-5/h6,9-11,16-17,19H,7-8,12-14H2,1-5H3/t16-,17+,19-/m1/s1. The van der Waals surface area contributed by atoms with Gasteiger partial charge in [0.25, 0.3) is 0 Å². The normalized spacial score (nSPS) is 21.5. The predicted molar refractivity (Wildman–Crippen MR) is 149 cm³/mol. The van der Waals surface area contributed by atoms with E-state index in [2.05, 4.69) is 14.9 Å². The molecule has 0 N–H and O–H groups in total. The van der Waals surface area contributed by atoms with E-state index in [0.29, 0.717) is 40.6 Å². The minimum Gasteiger partial charge on any atom is -0.493 e. The van der Waals surface area contributed by atoms with Crippen molar-refractivity contribution in [2.24, 2.45) is 0 Å². The van der Waals surface area contributed by atoms with Gasteiger partial charge >= 0.3 is 11.8 Å². The van der Waals surface area contributed by atoms with Crippen LogP contribution in [0.4, 0.5) is 10.6 Å². The van der Waals surface area contributed by atoms with Crippen molar-refractivity contribution < 1.29 is 23.7 Å². The first-order valence-corrected chi connectivity index (χ1v) is 13.7. The Balaban J connectivity index is 1.42. The number of hydrogen-bond acceptors (Lipinski definition) is 9. The van der Waals surface area contributed by atoms with Crippen molar-refractivity contribution in [1.82, 2.24) is 19.4 Å². The molecule has 3 aliphatic heterocycles. The zero-order valence-corrected chi connectivity index (χ0v) is 23.9. The highest BCUT2D eigenvalue weighted by atomic mass is 35.5. The molecule has 1 amide bonds. The second-order valence-corrected chi connectivity index (χ2v) is 11.7. The minimum absolute atomic E-state index is 0.0658. The number of piperazine rings is 1. The largest absolute Gasteiger partial charge is 0.493 e. The molecule has 3 atom stereocenters. The van der Waals surface area contributed by atoms with E-state index in [0.717, 1.165) is 18.4 Å². The van der Waals surface area contributed by atoms with Crippen LogP contribution in [0, 0.1) is 0 Å². The SMILES string of the molecule is COc1ccc(Cn2c(=O)nc3c4c(nc(Cl)cc42)OC[C@@H]2[C@@H]4CC[C@H](CN32)N4C(=O)OC(C)(C)C)cc1OC. The van der Waals surface area contributed by atoms with Gasteiger partial charge in [0.2, 0.25) is 5.88 Å². The van der Waals surface area contributed by atoms with Crippen molar-refractivity contribution in [3.63, 3.8) is 0 Å². The summed E-state index contributed by atoms with van der Waals surface area (Å²) in [6, 6.07) is 6.72. The van der Waals surface area contributed by atoms with Crippen LogP contribution in [0.5, 0.6) is 17.4 Å². The van der Waals surface area contributed by atoms with Gasteiger partial charge in [-0.05, 0) is 51.3 Å². The first kappa shape index (κ1) is 26.5. The fraction of sp³-hybridized carbons (Fsp3) is 0.500. The number of fused-ring (bicyclic) bond motifs is 5. The number of ether oxygens (including phenoxy) is 4. The molecule has 40 heavy (non-hydrogen) atoms. The molecule has 1 aromatic carbocycles. The van der Waals surface area contributed by atoms with E-state index in [9.17, 15) is 9.59 Å². The van der Waals surface area contributed by atoms with Crippen LogP contribution in [0.25, 0.3) is 10.9 Å². The lowest BCUT2D eigenvalue weighted by Crippen LogP contribution is -2.63. The molecule has 0 aliphatic carbocycles. The maximum absolute atomic E-state index is 13.6. The summed E-state index contributed by atoms with van der Waals surface area (Å²) in [7, 11) is 3.14. The van der Waals surface area contributed by atoms with E-state index in [1.807, 2.05) is 37.8 Å². The number of anilines is 1. The molecular weight excluding hydrogens is 538 g/mol. The molecule has 6 rings (SSSR count). The second-order valence-electron chi connectivity index (χ2n) is 11.4. The molecule has 0 saturated carbocycles. The van der Waals surface area contributed by atoms with Crippen molar-refractivity contribution in [2.45, 2.75) is 63.9 Å². The number of rotatable bonds is 4. The number of benzene rings is 1. The Morgan fingerprint density at radius 2 is 1.88 bits per heavy atom. The van der Waals surface area contributed by atoms with E-state index >= 15 is 0 Å². The third-order valence-electron chi connectivity index (χ3n) is 7.74. The molecule has 0 spiro atoms. The van der Waals surface area contributed by atoms with Gasteiger partial charge < -0.3 is 23.8 Å². The Bertz CT molecular complexity index is 1550. The zero-order valence-electron chi connectivity index (χ0n) is 23.1. The monoisotopic (exact) mass is 569 g/mol. The fourth-order valence-electron chi connectivity index (χ4n) is 6.09. The summed E-state index contributed by atoms with van der Waals surface area (Å²) in [5.74, 6) is 1.98. The number of pyridine rings is 1. The molecule has 2 aromatic heterocycles. The van der Waals surface area contributed by atoms with E-state index in [4.69, 9.17) is 30.5 Å². The van der Waals surface area contributed by atoms with Crippen molar-refractivity contribution >= 4 is 34.4 Å². The number of carbonyl (C=O) groups is 1. The van der Waals surface area contributed by atoms with Gasteiger partial charge in [0, 0.05) is 12.6 Å². The van der Waals surface area contributed by atoms with Crippen LogP contribution < -0.4 is 24.8 Å². The summed E-state index contributed by atoms with van der Waals surface area (Å²) in [6.45, 7) is 6.58.